The van der Waals surface area contributed by atoms with Crippen LogP contribution in [0.4, 0.5) is 5.69 Å². The molecule has 5 heteroatoms. The normalized spacial score (nSPS) is 9.86. The second kappa shape index (κ2) is 7.75. The van der Waals surface area contributed by atoms with E-state index in [2.05, 4.69) is 16.4 Å². The molecule has 0 bridgehead atoms. The fraction of sp³-hybridized carbons (Fsp3) is 0.250. The molecule has 0 saturated carbocycles. The number of nitrogens with zero attached hydrogens (tertiary/aromatic N) is 2. The van der Waals surface area contributed by atoms with Crippen LogP contribution in [0.3, 0.4) is 0 Å². The molecular formula is C16H17N3O2. The summed E-state index contributed by atoms with van der Waals surface area (Å²) in [6, 6.07) is 13.1. The van der Waals surface area contributed by atoms with Crippen molar-refractivity contribution in [3.63, 3.8) is 0 Å². The summed E-state index contributed by atoms with van der Waals surface area (Å²) in [5.74, 6) is 0.933. The molecule has 1 aromatic heterocycles. The van der Waals surface area contributed by atoms with Gasteiger partial charge in [0.1, 0.15) is 11.5 Å². The highest BCUT2D eigenvalue weighted by molar-refractivity contribution is 5.48. The van der Waals surface area contributed by atoms with Crippen LogP contribution in [0.15, 0.2) is 42.6 Å². The van der Waals surface area contributed by atoms with Crippen LogP contribution >= 0.6 is 0 Å². The van der Waals surface area contributed by atoms with Crippen LogP contribution in [0.1, 0.15) is 18.5 Å². The molecule has 1 aromatic carbocycles. The van der Waals surface area contributed by atoms with Crippen LogP contribution < -0.4 is 10.1 Å². The number of aromatic nitrogens is 1. The number of aromatic hydroxyl groups is 1. The molecule has 0 spiro atoms. The molecule has 0 aliphatic heterocycles. The van der Waals surface area contributed by atoms with E-state index in [1.165, 1.54) is 6.20 Å². The van der Waals surface area contributed by atoms with E-state index in [1.54, 1.807) is 12.1 Å². The minimum atomic E-state index is 0.159. The second-order valence-electron chi connectivity index (χ2n) is 4.50. The Kier molecular flexibility index (Phi) is 5.41. The third-order valence-corrected chi connectivity index (χ3v) is 2.82. The Bertz CT molecular complexity index is 606. The van der Waals surface area contributed by atoms with Crippen molar-refractivity contribution in [2.24, 2.45) is 0 Å². The molecule has 0 aliphatic carbocycles. The van der Waals surface area contributed by atoms with E-state index in [4.69, 9.17) is 10.00 Å². The van der Waals surface area contributed by atoms with Gasteiger partial charge in [0, 0.05) is 18.2 Å². The molecule has 2 aromatic rings. The van der Waals surface area contributed by atoms with Crippen molar-refractivity contribution in [2.75, 3.05) is 11.9 Å². The fourth-order valence-electron chi connectivity index (χ4n) is 1.75. The number of unbranched alkanes of at least 4 members (excludes halogenated alkanes) is 1. The highest BCUT2D eigenvalue weighted by atomic mass is 16.5. The van der Waals surface area contributed by atoms with Gasteiger partial charge in [0.05, 0.1) is 31.1 Å². The fourth-order valence-corrected chi connectivity index (χ4v) is 1.75. The lowest BCUT2D eigenvalue weighted by Crippen LogP contribution is -2.02. The van der Waals surface area contributed by atoms with E-state index in [-0.39, 0.29) is 5.75 Å². The zero-order chi connectivity index (χ0) is 14.9. The van der Waals surface area contributed by atoms with Crippen molar-refractivity contribution < 1.29 is 9.84 Å². The Morgan fingerprint density at radius 3 is 2.95 bits per heavy atom. The summed E-state index contributed by atoms with van der Waals surface area (Å²) in [4.78, 5) is 4.11. The number of hydrogen-bond acceptors (Lipinski definition) is 5. The topological polar surface area (TPSA) is 78.2 Å². The van der Waals surface area contributed by atoms with Crippen molar-refractivity contribution in [1.82, 2.24) is 4.98 Å². The van der Waals surface area contributed by atoms with Gasteiger partial charge in [0.15, 0.2) is 0 Å². The number of anilines is 1. The van der Waals surface area contributed by atoms with Crippen LogP contribution in [-0.2, 0) is 6.54 Å². The first-order valence-corrected chi connectivity index (χ1v) is 6.75. The van der Waals surface area contributed by atoms with E-state index in [0.29, 0.717) is 19.6 Å². The second-order valence-corrected chi connectivity index (χ2v) is 4.50. The lowest BCUT2D eigenvalue weighted by molar-refractivity contribution is 0.313. The lowest BCUT2D eigenvalue weighted by Gasteiger charge is -2.09. The standard InChI is InChI=1S/C16H17N3O2/c17-8-1-2-9-21-16-5-3-4-13(10-16)18-11-14-6-7-15(20)12-19-14/h3-7,10,12,18,20H,1-2,9,11H2. The first kappa shape index (κ1) is 14.7. The zero-order valence-corrected chi connectivity index (χ0v) is 11.6. The Morgan fingerprint density at radius 2 is 2.19 bits per heavy atom. The van der Waals surface area contributed by atoms with Crippen molar-refractivity contribution in [1.29, 1.82) is 5.26 Å². The number of hydrogen-bond donors (Lipinski definition) is 2. The van der Waals surface area contributed by atoms with Crippen molar-refractivity contribution in [3.05, 3.63) is 48.3 Å². The highest BCUT2D eigenvalue weighted by Crippen LogP contribution is 2.18. The third kappa shape index (κ3) is 5.03. The Labute approximate surface area is 123 Å². The zero-order valence-electron chi connectivity index (χ0n) is 11.6. The maximum atomic E-state index is 9.18. The van der Waals surface area contributed by atoms with Crippen molar-refractivity contribution in [2.45, 2.75) is 19.4 Å². The predicted octanol–water partition coefficient (Wildman–Crippen LogP) is 3.08. The van der Waals surface area contributed by atoms with Gasteiger partial charge < -0.3 is 15.2 Å². The van der Waals surface area contributed by atoms with Gasteiger partial charge >= 0.3 is 0 Å². The maximum Gasteiger partial charge on any atom is 0.133 e. The van der Waals surface area contributed by atoms with Gasteiger partial charge in [-0.25, -0.2) is 0 Å². The molecule has 0 radical (unpaired) electrons. The van der Waals surface area contributed by atoms with Crippen LogP contribution in [0, 0.1) is 11.3 Å². The van der Waals surface area contributed by atoms with Gasteiger partial charge in [-0.15, -0.1) is 0 Å². The molecule has 0 amide bonds. The van der Waals surface area contributed by atoms with Crippen molar-refractivity contribution >= 4 is 5.69 Å². The van der Waals surface area contributed by atoms with Gasteiger partial charge in [0.2, 0.25) is 0 Å². The summed E-state index contributed by atoms with van der Waals surface area (Å²) >= 11 is 0. The number of nitrogens with one attached hydrogen (secondary N) is 1. The Hall–Kier alpha value is -2.74. The van der Waals surface area contributed by atoms with Gasteiger partial charge in [-0.2, -0.15) is 5.26 Å². The van der Waals surface area contributed by atoms with Crippen LogP contribution in [0.2, 0.25) is 0 Å². The van der Waals surface area contributed by atoms with Crippen LogP contribution in [0.25, 0.3) is 0 Å². The number of nitriles is 1. The van der Waals surface area contributed by atoms with E-state index in [9.17, 15) is 5.11 Å². The molecule has 1 heterocycles. The molecule has 0 aliphatic rings. The molecule has 0 fully saturated rings. The average molecular weight is 283 g/mol. The number of pyridine rings is 1. The summed E-state index contributed by atoms with van der Waals surface area (Å²) in [6.45, 7) is 1.11. The Balaban J connectivity index is 1.86. The lowest BCUT2D eigenvalue weighted by atomic mass is 10.3. The summed E-state index contributed by atoms with van der Waals surface area (Å²) in [7, 11) is 0. The first-order valence-electron chi connectivity index (χ1n) is 6.75. The smallest absolute Gasteiger partial charge is 0.133 e. The summed E-state index contributed by atoms with van der Waals surface area (Å²) in [5, 5.41) is 20.9. The van der Waals surface area contributed by atoms with Crippen molar-refractivity contribution in [3.8, 4) is 17.6 Å². The number of benzene rings is 1. The molecule has 21 heavy (non-hydrogen) atoms. The molecule has 108 valence electrons. The molecule has 0 saturated heterocycles. The maximum absolute atomic E-state index is 9.18. The predicted molar refractivity (Wildman–Crippen MR) is 80.0 cm³/mol. The number of rotatable bonds is 7. The van der Waals surface area contributed by atoms with E-state index in [1.807, 2.05) is 24.3 Å². The summed E-state index contributed by atoms with van der Waals surface area (Å²) < 4.78 is 5.58. The van der Waals surface area contributed by atoms with Gasteiger partial charge in [-0.1, -0.05) is 6.07 Å². The first-order chi connectivity index (χ1) is 10.3. The molecule has 0 unspecified atom stereocenters. The van der Waals surface area contributed by atoms with Crippen LogP contribution in [0.5, 0.6) is 11.5 Å². The minimum Gasteiger partial charge on any atom is -0.506 e. The van der Waals surface area contributed by atoms with E-state index in [0.717, 1.165) is 23.6 Å². The SMILES string of the molecule is N#CCCCOc1cccc(NCc2ccc(O)cn2)c1. The third-order valence-electron chi connectivity index (χ3n) is 2.82. The minimum absolute atomic E-state index is 0.159. The summed E-state index contributed by atoms with van der Waals surface area (Å²) in [5.41, 5.74) is 1.77. The quantitative estimate of drug-likeness (QED) is 0.763. The average Bonchev–Trinajstić information content (AvgIpc) is 2.52. The Morgan fingerprint density at radius 1 is 1.29 bits per heavy atom. The number of ether oxygens (including phenoxy) is 1. The molecule has 2 N–H and O–H groups in total. The monoisotopic (exact) mass is 283 g/mol. The van der Waals surface area contributed by atoms with Crippen LogP contribution in [-0.4, -0.2) is 16.7 Å². The largest absolute Gasteiger partial charge is 0.506 e. The highest BCUT2D eigenvalue weighted by Gasteiger charge is 1.99. The van der Waals surface area contributed by atoms with E-state index >= 15 is 0 Å². The van der Waals surface area contributed by atoms with Gasteiger partial charge in [-0.3, -0.25) is 4.98 Å². The molecule has 5 nitrogen and oxygen atoms in total. The van der Waals surface area contributed by atoms with Gasteiger partial charge in [-0.05, 0) is 30.7 Å². The van der Waals surface area contributed by atoms with E-state index < -0.39 is 0 Å². The molecule has 0 atom stereocenters. The van der Waals surface area contributed by atoms with Gasteiger partial charge in [0.25, 0.3) is 0 Å². The summed E-state index contributed by atoms with van der Waals surface area (Å²) in [6.07, 6.45) is 2.65. The molecular weight excluding hydrogens is 266 g/mol. The molecule has 2 rings (SSSR count).